The number of rotatable bonds is 3. The van der Waals surface area contributed by atoms with Crippen molar-refractivity contribution in [3.63, 3.8) is 0 Å². The van der Waals surface area contributed by atoms with Gasteiger partial charge >= 0.3 is 0 Å². The average Bonchev–Trinajstić information content (AvgIpc) is 2.99. The van der Waals surface area contributed by atoms with Gasteiger partial charge in [0.05, 0.1) is 10.6 Å². The highest BCUT2D eigenvalue weighted by Gasteiger charge is 2.11. The fourth-order valence-electron chi connectivity index (χ4n) is 1.98. The molecule has 118 valence electrons. The lowest BCUT2D eigenvalue weighted by Crippen LogP contribution is -2.11. The van der Waals surface area contributed by atoms with Crippen LogP contribution in [0, 0.1) is 11.6 Å². The van der Waals surface area contributed by atoms with E-state index in [1.807, 2.05) is 0 Å². The first kappa shape index (κ1) is 15.7. The van der Waals surface area contributed by atoms with Crippen molar-refractivity contribution in [2.45, 2.75) is 4.90 Å². The van der Waals surface area contributed by atoms with Crippen LogP contribution in [0.4, 0.5) is 8.78 Å². The minimum atomic E-state index is -3.74. The van der Waals surface area contributed by atoms with Gasteiger partial charge in [0.2, 0.25) is 10.0 Å². The van der Waals surface area contributed by atoms with Gasteiger partial charge in [0, 0.05) is 16.5 Å². The molecule has 1 aromatic heterocycles. The number of hydrogen-bond acceptors (Lipinski definition) is 4. The largest absolute Gasteiger partial charge is 0.238 e. The number of primary sulfonamides is 1. The second-order valence-corrected chi connectivity index (χ2v) is 7.16. The van der Waals surface area contributed by atoms with Crippen molar-refractivity contribution in [3.05, 3.63) is 59.5 Å². The monoisotopic (exact) mass is 352 g/mol. The zero-order valence-electron chi connectivity index (χ0n) is 11.5. The maximum Gasteiger partial charge on any atom is 0.238 e. The minimum absolute atomic E-state index is 0.0126. The van der Waals surface area contributed by atoms with E-state index < -0.39 is 21.7 Å². The summed E-state index contributed by atoms with van der Waals surface area (Å²) in [7, 11) is -3.74. The van der Waals surface area contributed by atoms with Crippen LogP contribution in [-0.4, -0.2) is 13.4 Å². The van der Waals surface area contributed by atoms with Gasteiger partial charge in [0.25, 0.3) is 0 Å². The zero-order valence-corrected chi connectivity index (χ0v) is 13.2. The van der Waals surface area contributed by atoms with E-state index in [9.17, 15) is 17.2 Å². The maximum absolute atomic E-state index is 13.3. The van der Waals surface area contributed by atoms with E-state index in [0.717, 1.165) is 12.1 Å². The molecule has 0 radical (unpaired) electrons. The van der Waals surface area contributed by atoms with E-state index in [2.05, 4.69) is 4.98 Å². The topological polar surface area (TPSA) is 73.1 Å². The lowest BCUT2D eigenvalue weighted by atomic mass is 10.1. The normalized spacial score (nSPS) is 11.6. The van der Waals surface area contributed by atoms with Crippen molar-refractivity contribution in [3.8, 4) is 21.8 Å². The van der Waals surface area contributed by atoms with Gasteiger partial charge in [-0.25, -0.2) is 27.3 Å². The molecule has 0 saturated carbocycles. The van der Waals surface area contributed by atoms with Crippen molar-refractivity contribution >= 4 is 21.4 Å². The molecule has 0 atom stereocenters. The van der Waals surface area contributed by atoms with Crippen LogP contribution < -0.4 is 5.14 Å². The lowest BCUT2D eigenvalue weighted by molar-refractivity contribution is 0.509. The SMILES string of the molecule is NS(=O)(=O)c1ccc(-c2nc(-c3ccc(F)c(F)c3)cs2)cc1. The molecule has 0 saturated heterocycles. The molecule has 23 heavy (non-hydrogen) atoms. The second kappa shape index (κ2) is 5.80. The van der Waals surface area contributed by atoms with Crippen molar-refractivity contribution in [2.75, 3.05) is 0 Å². The second-order valence-electron chi connectivity index (χ2n) is 4.74. The molecule has 0 aliphatic rings. The summed E-state index contributed by atoms with van der Waals surface area (Å²) in [4.78, 5) is 4.37. The molecule has 0 amide bonds. The molecule has 0 fully saturated rings. The number of nitrogens with zero attached hydrogens (tertiary/aromatic N) is 1. The van der Waals surface area contributed by atoms with Gasteiger partial charge in [0.1, 0.15) is 5.01 Å². The first-order chi connectivity index (χ1) is 10.8. The van der Waals surface area contributed by atoms with E-state index in [-0.39, 0.29) is 4.90 Å². The molecule has 0 aliphatic heterocycles. The summed E-state index contributed by atoms with van der Waals surface area (Å²) >= 11 is 1.31. The van der Waals surface area contributed by atoms with Crippen molar-refractivity contribution < 1.29 is 17.2 Å². The fraction of sp³-hybridized carbons (Fsp3) is 0. The Balaban J connectivity index is 1.94. The van der Waals surface area contributed by atoms with Crippen molar-refractivity contribution in [1.82, 2.24) is 4.98 Å². The van der Waals surface area contributed by atoms with Crippen LogP contribution in [0.5, 0.6) is 0 Å². The van der Waals surface area contributed by atoms with Crippen LogP contribution in [0.2, 0.25) is 0 Å². The lowest BCUT2D eigenvalue weighted by Gasteiger charge is -2.00. The smallest absolute Gasteiger partial charge is 0.236 e. The molecule has 2 aromatic carbocycles. The summed E-state index contributed by atoms with van der Waals surface area (Å²) in [5.41, 5.74) is 1.68. The summed E-state index contributed by atoms with van der Waals surface area (Å²) in [5.74, 6) is -1.85. The van der Waals surface area contributed by atoms with Gasteiger partial charge in [-0.1, -0.05) is 12.1 Å². The molecule has 2 N–H and O–H groups in total. The van der Waals surface area contributed by atoms with Crippen LogP contribution >= 0.6 is 11.3 Å². The number of benzene rings is 2. The van der Waals surface area contributed by atoms with Gasteiger partial charge in [-0.05, 0) is 30.3 Å². The Hall–Kier alpha value is -2.16. The Morgan fingerprint density at radius 3 is 2.22 bits per heavy atom. The summed E-state index contributed by atoms with van der Waals surface area (Å²) < 4.78 is 48.7. The maximum atomic E-state index is 13.3. The molecule has 0 aliphatic carbocycles. The van der Waals surface area contributed by atoms with Crippen LogP contribution in [-0.2, 0) is 10.0 Å². The highest BCUT2D eigenvalue weighted by Crippen LogP contribution is 2.30. The van der Waals surface area contributed by atoms with E-state index in [1.54, 1.807) is 17.5 Å². The molecule has 0 spiro atoms. The quantitative estimate of drug-likeness (QED) is 0.785. The van der Waals surface area contributed by atoms with Crippen LogP contribution in [0.1, 0.15) is 0 Å². The Morgan fingerprint density at radius 2 is 1.61 bits per heavy atom. The number of hydrogen-bond donors (Lipinski definition) is 1. The van der Waals surface area contributed by atoms with Gasteiger partial charge < -0.3 is 0 Å². The molecule has 1 heterocycles. The molecule has 0 bridgehead atoms. The Bertz CT molecular complexity index is 967. The summed E-state index contributed by atoms with van der Waals surface area (Å²) in [6.45, 7) is 0. The van der Waals surface area contributed by atoms with Crippen LogP contribution in [0.15, 0.2) is 52.7 Å². The van der Waals surface area contributed by atoms with Gasteiger partial charge in [-0.2, -0.15) is 0 Å². The van der Waals surface area contributed by atoms with Crippen LogP contribution in [0.3, 0.4) is 0 Å². The van der Waals surface area contributed by atoms with Gasteiger partial charge in [-0.15, -0.1) is 11.3 Å². The Kier molecular flexibility index (Phi) is 3.97. The van der Waals surface area contributed by atoms with Crippen molar-refractivity contribution in [2.24, 2.45) is 5.14 Å². The minimum Gasteiger partial charge on any atom is -0.236 e. The third kappa shape index (κ3) is 3.29. The number of sulfonamides is 1. The molecule has 8 heteroatoms. The molecule has 0 unspecified atom stereocenters. The molecular formula is C15H10F2N2O2S2. The Morgan fingerprint density at radius 1 is 0.957 bits per heavy atom. The third-order valence-electron chi connectivity index (χ3n) is 3.15. The predicted molar refractivity (Wildman–Crippen MR) is 84.3 cm³/mol. The third-order valence-corrected chi connectivity index (χ3v) is 4.97. The Labute approximate surface area is 135 Å². The van der Waals surface area contributed by atoms with E-state index in [1.165, 1.54) is 29.5 Å². The first-order valence-electron chi connectivity index (χ1n) is 6.39. The van der Waals surface area contributed by atoms with E-state index in [4.69, 9.17) is 5.14 Å². The molecule has 4 nitrogen and oxygen atoms in total. The summed E-state index contributed by atoms with van der Waals surface area (Å²) in [6.07, 6.45) is 0. The van der Waals surface area contributed by atoms with E-state index in [0.29, 0.717) is 21.8 Å². The summed E-state index contributed by atoms with van der Waals surface area (Å²) in [6, 6.07) is 9.54. The summed E-state index contributed by atoms with van der Waals surface area (Å²) in [5, 5.41) is 7.39. The number of thiazole rings is 1. The molecule has 3 rings (SSSR count). The average molecular weight is 352 g/mol. The van der Waals surface area contributed by atoms with Gasteiger partial charge in [-0.3, -0.25) is 0 Å². The standard InChI is InChI=1S/C15H10F2N2O2S2/c16-12-6-3-10(7-13(12)17)14-8-22-15(19-14)9-1-4-11(5-2-9)23(18,20)21/h1-8H,(H2,18,20,21). The van der Waals surface area contributed by atoms with Gasteiger partial charge in [0.15, 0.2) is 11.6 Å². The zero-order chi connectivity index (χ0) is 16.6. The number of aromatic nitrogens is 1. The molecule has 3 aromatic rings. The fourth-order valence-corrected chi connectivity index (χ4v) is 3.33. The van der Waals surface area contributed by atoms with Crippen molar-refractivity contribution in [1.29, 1.82) is 0 Å². The highest BCUT2D eigenvalue weighted by molar-refractivity contribution is 7.89. The number of nitrogens with two attached hydrogens (primary N) is 1. The van der Waals surface area contributed by atoms with Crippen LogP contribution in [0.25, 0.3) is 21.8 Å². The predicted octanol–water partition coefficient (Wildman–Crippen LogP) is 3.40. The first-order valence-corrected chi connectivity index (χ1v) is 8.81. The highest BCUT2D eigenvalue weighted by atomic mass is 32.2. The van der Waals surface area contributed by atoms with E-state index >= 15 is 0 Å². The number of halogens is 2. The molecular weight excluding hydrogens is 342 g/mol.